The average molecular weight is 318 g/mol. The second-order valence-electron chi connectivity index (χ2n) is 5.57. The third-order valence-corrected chi connectivity index (χ3v) is 4.40. The highest BCUT2D eigenvalue weighted by atomic mass is 35.5. The van der Waals surface area contributed by atoms with Crippen molar-refractivity contribution >= 4 is 24.0 Å². The molecule has 2 rings (SSSR count). The summed E-state index contributed by atoms with van der Waals surface area (Å²) in [5.74, 6) is 0.629. The maximum absolute atomic E-state index is 6.14. The van der Waals surface area contributed by atoms with E-state index in [9.17, 15) is 0 Å². The van der Waals surface area contributed by atoms with E-state index in [-0.39, 0.29) is 18.0 Å². The zero-order chi connectivity index (χ0) is 13.7. The van der Waals surface area contributed by atoms with Crippen LogP contribution in [0.5, 0.6) is 0 Å². The van der Waals surface area contributed by atoms with E-state index in [1.807, 2.05) is 12.1 Å². The number of halogens is 2. The minimum atomic E-state index is -0.0648. The van der Waals surface area contributed by atoms with Crippen LogP contribution in [0.4, 0.5) is 0 Å². The third-order valence-electron chi connectivity index (χ3n) is 4.15. The summed E-state index contributed by atoms with van der Waals surface area (Å²) in [6.45, 7) is 7.33. The van der Waals surface area contributed by atoms with Gasteiger partial charge in [-0.15, -0.1) is 12.4 Å². The van der Waals surface area contributed by atoms with Gasteiger partial charge in [-0.25, -0.2) is 0 Å². The molecule has 1 N–H and O–H groups in total. The Labute approximate surface area is 133 Å². The van der Waals surface area contributed by atoms with E-state index in [1.165, 1.54) is 18.4 Å². The Morgan fingerprint density at radius 2 is 1.85 bits per heavy atom. The van der Waals surface area contributed by atoms with Gasteiger partial charge in [0.15, 0.2) is 0 Å². The Kier molecular flexibility index (Phi) is 7.32. The maximum atomic E-state index is 6.14. The van der Waals surface area contributed by atoms with Gasteiger partial charge in [0.25, 0.3) is 0 Å². The molecule has 1 aliphatic heterocycles. The molecule has 1 aromatic carbocycles. The predicted octanol–water partition coefficient (Wildman–Crippen LogP) is 4.10. The van der Waals surface area contributed by atoms with Crippen LogP contribution in [0, 0.1) is 5.92 Å². The normalized spacial score (nSPS) is 19.1. The number of nitrogens with one attached hydrogen (secondary N) is 1. The van der Waals surface area contributed by atoms with Crippen molar-refractivity contribution < 1.29 is 4.74 Å². The van der Waals surface area contributed by atoms with Crippen molar-refractivity contribution in [1.29, 1.82) is 0 Å². The molecular weight excluding hydrogens is 293 g/mol. The van der Waals surface area contributed by atoms with Crippen molar-refractivity contribution in [1.82, 2.24) is 5.32 Å². The summed E-state index contributed by atoms with van der Waals surface area (Å²) in [5.41, 5.74) is 1.24. The Bertz CT molecular complexity index is 390. The van der Waals surface area contributed by atoms with E-state index in [1.54, 1.807) is 0 Å². The fourth-order valence-corrected chi connectivity index (χ4v) is 3.21. The molecule has 1 fully saturated rings. The van der Waals surface area contributed by atoms with Gasteiger partial charge in [0, 0.05) is 18.1 Å². The predicted molar refractivity (Wildman–Crippen MR) is 88.0 cm³/mol. The van der Waals surface area contributed by atoms with Crippen molar-refractivity contribution in [3.05, 3.63) is 34.9 Å². The number of ether oxygens (including phenoxy) is 1. The van der Waals surface area contributed by atoms with Gasteiger partial charge < -0.3 is 10.1 Å². The van der Waals surface area contributed by atoms with Gasteiger partial charge in [-0.2, -0.15) is 0 Å². The van der Waals surface area contributed by atoms with Crippen molar-refractivity contribution in [2.75, 3.05) is 19.7 Å². The van der Waals surface area contributed by atoms with Gasteiger partial charge in [-0.1, -0.05) is 23.7 Å². The molecule has 1 heterocycles. The van der Waals surface area contributed by atoms with E-state index < -0.39 is 0 Å². The molecule has 0 amide bonds. The van der Waals surface area contributed by atoms with E-state index in [0.29, 0.717) is 5.92 Å². The lowest BCUT2D eigenvalue weighted by molar-refractivity contribution is -0.0761. The van der Waals surface area contributed by atoms with Gasteiger partial charge >= 0.3 is 0 Å². The smallest absolute Gasteiger partial charge is 0.0723 e. The summed E-state index contributed by atoms with van der Waals surface area (Å²) in [6.07, 6.45) is 3.36. The Morgan fingerprint density at radius 3 is 2.40 bits per heavy atom. The zero-order valence-corrected chi connectivity index (χ0v) is 13.9. The number of hydrogen-bond acceptors (Lipinski definition) is 2. The van der Waals surface area contributed by atoms with Crippen molar-refractivity contribution in [3.8, 4) is 0 Å². The fraction of sp³-hybridized carbons (Fsp3) is 0.625. The molecule has 0 saturated carbocycles. The third kappa shape index (κ3) is 4.63. The lowest BCUT2D eigenvalue weighted by Crippen LogP contribution is -2.45. The summed E-state index contributed by atoms with van der Waals surface area (Å²) in [7, 11) is 0. The first-order valence-corrected chi connectivity index (χ1v) is 7.61. The molecule has 0 aromatic heterocycles. The Balaban J connectivity index is 0.00000200. The first-order valence-electron chi connectivity index (χ1n) is 7.23. The van der Waals surface area contributed by atoms with E-state index in [2.05, 4.69) is 31.3 Å². The number of rotatable bonds is 5. The molecule has 1 unspecified atom stereocenters. The molecule has 1 saturated heterocycles. The van der Waals surface area contributed by atoms with Crippen LogP contribution in [0.15, 0.2) is 24.3 Å². The molecule has 1 aromatic rings. The second kappa shape index (κ2) is 8.23. The molecule has 1 atom stereocenters. The van der Waals surface area contributed by atoms with E-state index in [0.717, 1.165) is 31.1 Å². The molecular formula is C16H25Cl2NO. The Hall–Kier alpha value is -0.280. The van der Waals surface area contributed by atoms with Gasteiger partial charge in [-0.3, -0.25) is 0 Å². The highest BCUT2D eigenvalue weighted by Crippen LogP contribution is 2.32. The van der Waals surface area contributed by atoms with Crippen molar-refractivity contribution in [2.24, 2.45) is 5.92 Å². The van der Waals surface area contributed by atoms with Crippen LogP contribution in [-0.4, -0.2) is 25.3 Å². The second-order valence-corrected chi connectivity index (χ2v) is 6.01. The van der Waals surface area contributed by atoms with Crippen LogP contribution in [0.1, 0.15) is 32.3 Å². The molecule has 20 heavy (non-hydrogen) atoms. The van der Waals surface area contributed by atoms with Crippen LogP contribution in [-0.2, 0) is 11.2 Å². The summed E-state index contributed by atoms with van der Waals surface area (Å²) in [4.78, 5) is 0. The number of benzene rings is 1. The standard InChI is InChI=1S/C16H24ClNO.ClH/c1-3-19-16(2,14-8-10-18-11-9-14)12-13-4-6-15(17)7-5-13;/h4-7,14,18H,3,8-12H2,1-2H3;1H. The quantitative estimate of drug-likeness (QED) is 0.882. The van der Waals surface area contributed by atoms with E-state index in [4.69, 9.17) is 16.3 Å². The largest absolute Gasteiger partial charge is 0.375 e. The molecule has 0 aliphatic carbocycles. The van der Waals surface area contributed by atoms with Crippen LogP contribution in [0.2, 0.25) is 5.02 Å². The van der Waals surface area contributed by atoms with Gasteiger partial charge in [-0.05, 0) is 63.4 Å². The SMILES string of the molecule is CCOC(C)(Cc1ccc(Cl)cc1)C1CCNCC1.Cl. The fourth-order valence-electron chi connectivity index (χ4n) is 3.08. The Morgan fingerprint density at radius 1 is 1.25 bits per heavy atom. The molecule has 114 valence electrons. The molecule has 1 aliphatic rings. The summed E-state index contributed by atoms with van der Waals surface area (Å²) in [5, 5.41) is 4.22. The van der Waals surface area contributed by atoms with Gasteiger partial charge in [0.05, 0.1) is 5.60 Å². The van der Waals surface area contributed by atoms with Gasteiger partial charge in [0.1, 0.15) is 0 Å². The molecule has 0 bridgehead atoms. The minimum absolute atomic E-state index is 0. The van der Waals surface area contributed by atoms with Crippen molar-refractivity contribution in [2.45, 2.75) is 38.7 Å². The number of piperidine rings is 1. The minimum Gasteiger partial charge on any atom is -0.375 e. The zero-order valence-electron chi connectivity index (χ0n) is 12.3. The van der Waals surface area contributed by atoms with Gasteiger partial charge in [0.2, 0.25) is 0 Å². The molecule has 4 heteroatoms. The molecule has 2 nitrogen and oxygen atoms in total. The average Bonchev–Trinajstić information content (AvgIpc) is 2.43. The van der Waals surface area contributed by atoms with E-state index >= 15 is 0 Å². The lowest BCUT2D eigenvalue weighted by atomic mass is 9.78. The molecule has 0 radical (unpaired) electrons. The highest BCUT2D eigenvalue weighted by molar-refractivity contribution is 6.30. The maximum Gasteiger partial charge on any atom is 0.0723 e. The topological polar surface area (TPSA) is 21.3 Å². The van der Waals surface area contributed by atoms with Crippen LogP contribution in [0.3, 0.4) is 0 Å². The number of hydrogen-bond donors (Lipinski definition) is 1. The highest BCUT2D eigenvalue weighted by Gasteiger charge is 2.35. The summed E-state index contributed by atoms with van der Waals surface area (Å²) < 4.78 is 6.14. The summed E-state index contributed by atoms with van der Waals surface area (Å²) in [6, 6.07) is 8.15. The molecule has 0 spiro atoms. The monoisotopic (exact) mass is 317 g/mol. The van der Waals surface area contributed by atoms with Crippen LogP contribution >= 0.6 is 24.0 Å². The van der Waals surface area contributed by atoms with Crippen LogP contribution < -0.4 is 5.32 Å². The summed E-state index contributed by atoms with van der Waals surface area (Å²) >= 11 is 5.95. The first kappa shape index (κ1) is 17.8. The lowest BCUT2D eigenvalue weighted by Gasteiger charge is -2.40. The first-order chi connectivity index (χ1) is 9.14. The van der Waals surface area contributed by atoms with Crippen molar-refractivity contribution in [3.63, 3.8) is 0 Å². The van der Waals surface area contributed by atoms with Crippen LogP contribution in [0.25, 0.3) is 0 Å².